The molecular formula is C24H28N4O2S2. The van der Waals surface area contributed by atoms with Gasteiger partial charge in [0.25, 0.3) is 0 Å². The van der Waals surface area contributed by atoms with Crippen molar-refractivity contribution in [1.29, 1.82) is 0 Å². The third-order valence-electron chi connectivity index (χ3n) is 6.48. The van der Waals surface area contributed by atoms with E-state index in [1.54, 1.807) is 12.1 Å². The smallest absolute Gasteiger partial charge is 0.180 e. The quantitative estimate of drug-likeness (QED) is 0.593. The topological polar surface area (TPSA) is 88.3 Å². The predicted octanol–water partition coefficient (Wildman–Crippen LogP) is 3.44. The monoisotopic (exact) mass is 468 g/mol. The lowest BCUT2D eigenvalue weighted by molar-refractivity contribution is 0.400. The molecule has 0 radical (unpaired) electrons. The van der Waals surface area contributed by atoms with Crippen LogP contribution in [0.25, 0.3) is 10.9 Å². The number of thioether (sulfide) groups is 1. The maximum absolute atomic E-state index is 12.8. The second-order valence-corrected chi connectivity index (χ2v) is 12.0. The number of pyridine rings is 1. The normalized spacial score (nSPS) is 19.1. The molecule has 3 heterocycles. The van der Waals surface area contributed by atoms with Crippen LogP contribution in [0.15, 0.2) is 53.4 Å². The number of anilines is 2. The Morgan fingerprint density at radius 3 is 2.75 bits per heavy atom. The van der Waals surface area contributed by atoms with Crippen LogP contribution in [0.4, 0.5) is 11.5 Å². The van der Waals surface area contributed by atoms with Crippen molar-refractivity contribution in [3.63, 3.8) is 0 Å². The maximum Gasteiger partial charge on any atom is 0.180 e. The SMILES string of the molecule is Cc1ccc2nc(N3CCS(=O)(=O)c4ccccc4C3)cc(NCC3(CN)CSC3)c2c1. The van der Waals surface area contributed by atoms with E-state index in [2.05, 4.69) is 35.3 Å². The third kappa shape index (κ3) is 3.95. The Morgan fingerprint density at radius 1 is 1.19 bits per heavy atom. The van der Waals surface area contributed by atoms with Crippen LogP contribution in [0.5, 0.6) is 0 Å². The fourth-order valence-corrected chi connectivity index (χ4v) is 7.08. The van der Waals surface area contributed by atoms with Crippen molar-refractivity contribution in [2.45, 2.75) is 18.4 Å². The van der Waals surface area contributed by atoms with Crippen LogP contribution in [-0.4, -0.2) is 50.3 Å². The van der Waals surface area contributed by atoms with E-state index in [1.807, 2.05) is 30.0 Å². The van der Waals surface area contributed by atoms with E-state index in [9.17, 15) is 8.42 Å². The van der Waals surface area contributed by atoms with Gasteiger partial charge in [0.1, 0.15) is 5.82 Å². The minimum absolute atomic E-state index is 0.0773. The van der Waals surface area contributed by atoms with Gasteiger partial charge >= 0.3 is 0 Å². The first-order valence-electron chi connectivity index (χ1n) is 10.9. The Kier molecular flexibility index (Phi) is 5.55. The Morgan fingerprint density at radius 2 is 2.00 bits per heavy atom. The van der Waals surface area contributed by atoms with Crippen LogP contribution >= 0.6 is 11.8 Å². The molecule has 0 amide bonds. The highest BCUT2D eigenvalue weighted by Gasteiger charge is 2.36. The maximum atomic E-state index is 12.8. The van der Waals surface area contributed by atoms with Crippen molar-refractivity contribution in [3.8, 4) is 0 Å². The number of aromatic nitrogens is 1. The molecule has 0 atom stereocenters. The standard InChI is InChI=1S/C24H28N4O2S2/c1-17-6-7-20-19(10-17)21(26-14-24(13-25)15-31-16-24)11-23(27-20)28-8-9-32(29,30)22-5-3-2-4-18(22)12-28/h2-7,10-11H,8-9,12-16,25H2,1H3,(H,26,27). The summed E-state index contributed by atoms with van der Waals surface area (Å²) >= 11 is 1.93. The molecule has 6 nitrogen and oxygen atoms in total. The molecule has 2 aliphatic rings. The van der Waals surface area contributed by atoms with Gasteiger partial charge in [-0.15, -0.1) is 0 Å². The molecule has 0 unspecified atom stereocenters. The van der Waals surface area contributed by atoms with Crippen LogP contribution in [0.2, 0.25) is 0 Å². The summed E-state index contributed by atoms with van der Waals surface area (Å²) in [6.07, 6.45) is 0. The Bertz CT molecular complexity index is 1270. The summed E-state index contributed by atoms with van der Waals surface area (Å²) in [5.74, 6) is 3.02. The van der Waals surface area contributed by atoms with Gasteiger partial charge < -0.3 is 16.0 Å². The fourth-order valence-electron chi connectivity index (χ4n) is 4.36. The Hall–Kier alpha value is -2.29. The number of rotatable bonds is 5. The molecule has 3 N–H and O–H groups in total. The number of nitrogens with one attached hydrogen (secondary N) is 1. The van der Waals surface area contributed by atoms with Gasteiger partial charge in [0, 0.05) is 60.2 Å². The second-order valence-electron chi connectivity index (χ2n) is 8.95. The van der Waals surface area contributed by atoms with Crippen LogP contribution in [0.3, 0.4) is 0 Å². The summed E-state index contributed by atoms with van der Waals surface area (Å²) in [4.78, 5) is 7.43. The van der Waals surface area contributed by atoms with E-state index >= 15 is 0 Å². The number of hydrogen-bond acceptors (Lipinski definition) is 7. The van der Waals surface area contributed by atoms with Crippen molar-refractivity contribution < 1.29 is 8.42 Å². The van der Waals surface area contributed by atoms with Crippen molar-refractivity contribution in [3.05, 3.63) is 59.7 Å². The second kappa shape index (κ2) is 8.24. The van der Waals surface area contributed by atoms with E-state index in [-0.39, 0.29) is 11.2 Å². The number of benzene rings is 2. The molecule has 0 bridgehead atoms. The molecule has 2 aliphatic heterocycles. The molecule has 2 aromatic carbocycles. The zero-order valence-electron chi connectivity index (χ0n) is 18.2. The number of nitrogens with two attached hydrogens (primary N) is 1. The van der Waals surface area contributed by atoms with E-state index in [1.165, 1.54) is 5.56 Å². The number of hydrogen-bond donors (Lipinski definition) is 2. The number of sulfone groups is 1. The van der Waals surface area contributed by atoms with Gasteiger partial charge in [-0.05, 0) is 30.7 Å². The molecule has 168 valence electrons. The Labute approximate surface area is 193 Å². The van der Waals surface area contributed by atoms with Gasteiger partial charge in [-0.2, -0.15) is 11.8 Å². The first-order valence-corrected chi connectivity index (χ1v) is 13.7. The first kappa shape index (κ1) is 21.6. The molecule has 5 rings (SSSR count). The van der Waals surface area contributed by atoms with Gasteiger partial charge in [0.2, 0.25) is 0 Å². The van der Waals surface area contributed by atoms with E-state index in [0.29, 0.717) is 24.5 Å². The largest absolute Gasteiger partial charge is 0.384 e. The number of nitrogens with zero attached hydrogens (tertiary/aromatic N) is 2. The molecule has 0 aliphatic carbocycles. The lowest BCUT2D eigenvalue weighted by Gasteiger charge is -2.40. The van der Waals surface area contributed by atoms with Gasteiger partial charge in [0.15, 0.2) is 9.84 Å². The fraction of sp³-hybridized carbons (Fsp3) is 0.375. The third-order valence-corrected chi connectivity index (χ3v) is 9.90. The molecule has 1 fully saturated rings. The van der Waals surface area contributed by atoms with E-state index < -0.39 is 9.84 Å². The van der Waals surface area contributed by atoms with Gasteiger partial charge in [-0.1, -0.05) is 29.8 Å². The average molecular weight is 469 g/mol. The molecule has 0 spiro atoms. The van der Waals surface area contributed by atoms with Gasteiger partial charge in [-0.3, -0.25) is 0 Å². The molecule has 32 heavy (non-hydrogen) atoms. The summed E-state index contributed by atoms with van der Waals surface area (Å²) in [7, 11) is -3.31. The van der Waals surface area contributed by atoms with Crippen LogP contribution < -0.4 is 16.0 Å². The predicted molar refractivity (Wildman–Crippen MR) is 133 cm³/mol. The van der Waals surface area contributed by atoms with Crippen LogP contribution in [-0.2, 0) is 16.4 Å². The van der Waals surface area contributed by atoms with E-state index in [0.717, 1.165) is 46.0 Å². The van der Waals surface area contributed by atoms with E-state index in [4.69, 9.17) is 10.7 Å². The number of aryl methyl sites for hydroxylation is 1. The zero-order chi connectivity index (χ0) is 22.3. The molecule has 1 saturated heterocycles. The summed E-state index contributed by atoms with van der Waals surface area (Å²) in [6, 6.07) is 15.6. The highest BCUT2D eigenvalue weighted by Crippen LogP contribution is 2.38. The molecule has 1 aromatic heterocycles. The summed E-state index contributed by atoms with van der Waals surface area (Å²) < 4.78 is 25.6. The van der Waals surface area contributed by atoms with Crippen molar-refractivity contribution >= 4 is 44.0 Å². The first-order chi connectivity index (χ1) is 15.4. The molecule has 8 heteroatoms. The van der Waals surface area contributed by atoms with Crippen LogP contribution in [0.1, 0.15) is 11.1 Å². The highest BCUT2D eigenvalue weighted by molar-refractivity contribution is 8.00. The van der Waals surface area contributed by atoms with Crippen molar-refractivity contribution in [1.82, 2.24) is 4.98 Å². The van der Waals surface area contributed by atoms with Crippen molar-refractivity contribution in [2.24, 2.45) is 11.1 Å². The summed E-state index contributed by atoms with van der Waals surface area (Å²) in [5, 5.41) is 4.74. The van der Waals surface area contributed by atoms with Crippen LogP contribution in [0, 0.1) is 12.3 Å². The van der Waals surface area contributed by atoms with Gasteiger partial charge in [0.05, 0.1) is 16.2 Å². The van der Waals surface area contributed by atoms with Gasteiger partial charge in [-0.25, -0.2) is 13.4 Å². The minimum Gasteiger partial charge on any atom is -0.384 e. The molecular weight excluding hydrogens is 440 g/mol. The summed E-state index contributed by atoms with van der Waals surface area (Å²) in [6.45, 7) is 4.49. The van der Waals surface area contributed by atoms with Crippen molar-refractivity contribution in [2.75, 3.05) is 47.1 Å². The lowest BCUT2D eigenvalue weighted by Crippen LogP contribution is -2.47. The lowest BCUT2D eigenvalue weighted by atomic mass is 9.92. The zero-order valence-corrected chi connectivity index (χ0v) is 19.8. The Balaban J connectivity index is 1.54. The summed E-state index contributed by atoms with van der Waals surface area (Å²) in [5.41, 5.74) is 10.1. The molecule has 3 aromatic rings. The number of fused-ring (bicyclic) bond motifs is 2. The average Bonchev–Trinajstić information content (AvgIpc) is 2.89. The highest BCUT2D eigenvalue weighted by atomic mass is 32.2. The molecule has 0 saturated carbocycles. The minimum atomic E-state index is -3.31.